The fraction of sp³-hybridized carbons (Fsp3) is 0.269. The molecule has 0 aliphatic carbocycles. The van der Waals surface area contributed by atoms with E-state index in [1.54, 1.807) is 6.92 Å². The third-order valence-electron chi connectivity index (χ3n) is 5.67. The minimum atomic E-state index is -0.579. The van der Waals surface area contributed by atoms with Gasteiger partial charge in [-0.3, -0.25) is 4.79 Å². The predicted octanol–water partition coefficient (Wildman–Crippen LogP) is 5.58. The van der Waals surface area contributed by atoms with Crippen LogP contribution in [-0.2, 0) is 6.42 Å². The molecule has 2 aromatic carbocycles. The van der Waals surface area contributed by atoms with Gasteiger partial charge in [-0.15, -0.1) is 0 Å². The van der Waals surface area contributed by atoms with Gasteiger partial charge < -0.3 is 24.5 Å². The van der Waals surface area contributed by atoms with Crippen LogP contribution in [0.3, 0.4) is 0 Å². The summed E-state index contributed by atoms with van der Waals surface area (Å²) in [7, 11) is 0. The van der Waals surface area contributed by atoms with Gasteiger partial charge in [-0.05, 0) is 70.9 Å². The van der Waals surface area contributed by atoms with Crippen molar-refractivity contribution in [3.63, 3.8) is 0 Å². The van der Waals surface area contributed by atoms with Crippen molar-refractivity contribution in [2.75, 3.05) is 0 Å². The van der Waals surface area contributed by atoms with Crippen LogP contribution in [0.5, 0.6) is 23.0 Å². The van der Waals surface area contributed by atoms with Crippen molar-refractivity contribution in [3.8, 4) is 34.1 Å². The molecular formula is C26H26O6. The van der Waals surface area contributed by atoms with Gasteiger partial charge >= 0.3 is 0 Å². The van der Waals surface area contributed by atoms with Gasteiger partial charge in [0.2, 0.25) is 5.43 Å². The number of benzene rings is 2. The Balaban J connectivity index is 2.06. The molecule has 0 unspecified atom stereocenters. The molecular weight excluding hydrogens is 408 g/mol. The number of allylic oxidation sites excluding steroid dienone is 2. The van der Waals surface area contributed by atoms with Gasteiger partial charge in [0, 0.05) is 11.1 Å². The van der Waals surface area contributed by atoms with Crippen LogP contribution < -0.4 is 10.2 Å². The van der Waals surface area contributed by atoms with Crippen LogP contribution in [0.4, 0.5) is 0 Å². The Labute approximate surface area is 185 Å². The fourth-order valence-corrected chi connectivity index (χ4v) is 3.79. The Hall–Kier alpha value is -3.67. The lowest BCUT2D eigenvalue weighted by Gasteiger charge is -2.30. The van der Waals surface area contributed by atoms with Crippen molar-refractivity contribution in [1.82, 2.24) is 0 Å². The maximum Gasteiger partial charge on any atom is 0.204 e. The summed E-state index contributed by atoms with van der Waals surface area (Å²) in [6.07, 6.45) is 7.33. The Morgan fingerprint density at radius 3 is 2.41 bits per heavy atom. The monoisotopic (exact) mass is 434 g/mol. The van der Waals surface area contributed by atoms with Crippen LogP contribution >= 0.6 is 0 Å². The maximum absolute atomic E-state index is 13.5. The Morgan fingerprint density at radius 1 is 1.12 bits per heavy atom. The topological polar surface area (TPSA) is 100 Å². The van der Waals surface area contributed by atoms with E-state index in [-0.39, 0.29) is 39.3 Å². The second kappa shape index (κ2) is 7.48. The number of phenols is 3. The number of phenolic OH excluding ortho intramolecular Hbond substituents is 3. The average molecular weight is 434 g/mol. The van der Waals surface area contributed by atoms with E-state index >= 15 is 0 Å². The highest BCUT2D eigenvalue weighted by Crippen LogP contribution is 2.45. The molecule has 0 atom stereocenters. The van der Waals surface area contributed by atoms with Crippen LogP contribution in [0.2, 0.25) is 0 Å². The molecule has 0 saturated heterocycles. The zero-order valence-corrected chi connectivity index (χ0v) is 18.7. The second-order valence-corrected chi connectivity index (χ2v) is 8.92. The zero-order valence-electron chi connectivity index (χ0n) is 18.7. The molecule has 1 aliphatic rings. The van der Waals surface area contributed by atoms with Crippen molar-refractivity contribution < 1.29 is 24.5 Å². The van der Waals surface area contributed by atoms with Gasteiger partial charge in [-0.1, -0.05) is 11.6 Å². The highest BCUT2D eigenvalue weighted by Gasteiger charge is 2.30. The zero-order chi connectivity index (χ0) is 23.4. The smallest absolute Gasteiger partial charge is 0.204 e. The quantitative estimate of drug-likeness (QED) is 0.466. The Kier molecular flexibility index (Phi) is 5.04. The lowest BCUT2D eigenvalue weighted by Crippen LogP contribution is -2.28. The van der Waals surface area contributed by atoms with E-state index in [2.05, 4.69) is 0 Å². The molecule has 0 saturated carbocycles. The lowest BCUT2D eigenvalue weighted by molar-refractivity contribution is 0.157. The van der Waals surface area contributed by atoms with E-state index in [4.69, 9.17) is 9.15 Å². The number of ether oxygens (including phenoxy) is 1. The van der Waals surface area contributed by atoms with Gasteiger partial charge in [0.1, 0.15) is 40.2 Å². The highest BCUT2D eigenvalue weighted by molar-refractivity contribution is 5.97. The summed E-state index contributed by atoms with van der Waals surface area (Å²) in [6, 6.07) is 2.77. The number of hydrogen-bond donors (Lipinski definition) is 3. The fourth-order valence-electron chi connectivity index (χ4n) is 3.79. The molecule has 0 fully saturated rings. The first kappa shape index (κ1) is 21.6. The van der Waals surface area contributed by atoms with Gasteiger partial charge in [-0.25, -0.2) is 0 Å². The number of hydrogen-bond acceptors (Lipinski definition) is 6. The molecule has 32 heavy (non-hydrogen) atoms. The molecule has 3 aromatic rings. The van der Waals surface area contributed by atoms with Crippen LogP contribution in [-0.4, -0.2) is 20.9 Å². The van der Waals surface area contributed by atoms with Crippen molar-refractivity contribution in [1.29, 1.82) is 0 Å². The van der Waals surface area contributed by atoms with E-state index < -0.39 is 11.0 Å². The van der Waals surface area contributed by atoms with E-state index in [0.29, 0.717) is 28.9 Å². The summed E-state index contributed by atoms with van der Waals surface area (Å²) < 4.78 is 12.0. The second-order valence-electron chi connectivity index (χ2n) is 8.92. The number of fused-ring (bicyclic) bond motifs is 3. The molecule has 3 N–H and O–H groups in total. The molecule has 0 spiro atoms. The van der Waals surface area contributed by atoms with Gasteiger partial charge in [0.25, 0.3) is 0 Å². The summed E-state index contributed by atoms with van der Waals surface area (Å²) in [5.41, 5.74) is 2.05. The first-order chi connectivity index (χ1) is 15.0. The molecule has 2 heterocycles. The predicted molar refractivity (Wildman–Crippen MR) is 125 cm³/mol. The first-order valence-corrected chi connectivity index (χ1v) is 10.4. The first-order valence-electron chi connectivity index (χ1n) is 10.4. The maximum atomic E-state index is 13.5. The Bertz CT molecular complexity index is 1340. The SMILES string of the molecule is CC(C)=CCc1c2c(c3occ(-c4cc(O)c(C)c(O)c4)c(=O)c3c1O)C=CC(C)(C)O2. The number of rotatable bonds is 3. The van der Waals surface area contributed by atoms with Crippen LogP contribution in [0.15, 0.2) is 45.3 Å². The molecule has 4 rings (SSSR count). The standard InChI is InChI=1S/C26H26O6/c1-13(2)6-7-16-22(29)21-23(30)18(15-10-19(27)14(3)20(28)11-15)12-31-25(21)17-8-9-26(4,5)32-24(16)17/h6,8-12,27-29H,7H2,1-5H3. The van der Waals surface area contributed by atoms with Crippen molar-refractivity contribution >= 4 is 17.0 Å². The molecule has 1 aromatic heterocycles. The van der Waals surface area contributed by atoms with E-state index in [1.165, 1.54) is 18.4 Å². The largest absolute Gasteiger partial charge is 0.508 e. The van der Waals surface area contributed by atoms with Gasteiger partial charge in [0.15, 0.2) is 5.58 Å². The third-order valence-corrected chi connectivity index (χ3v) is 5.67. The van der Waals surface area contributed by atoms with Crippen molar-refractivity contribution in [2.24, 2.45) is 0 Å². The van der Waals surface area contributed by atoms with E-state index in [1.807, 2.05) is 45.9 Å². The summed E-state index contributed by atoms with van der Waals surface area (Å²) in [5, 5.41) is 31.4. The molecule has 0 bridgehead atoms. The minimum absolute atomic E-state index is 0.0333. The number of aromatic hydroxyl groups is 3. The van der Waals surface area contributed by atoms with Crippen molar-refractivity contribution in [3.05, 3.63) is 63.0 Å². The lowest BCUT2D eigenvalue weighted by atomic mass is 9.93. The Morgan fingerprint density at radius 2 is 1.78 bits per heavy atom. The normalized spacial score (nSPS) is 14.2. The van der Waals surface area contributed by atoms with Crippen LogP contribution in [0, 0.1) is 6.92 Å². The summed E-state index contributed by atoms with van der Waals surface area (Å²) >= 11 is 0. The summed E-state index contributed by atoms with van der Waals surface area (Å²) in [6.45, 7) is 9.30. The molecule has 6 heteroatoms. The molecule has 1 aliphatic heterocycles. The molecule has 6 nitrogen and oxygen atoms in total. The van der Waals surface area contributed by atoms with E-state index in [9.17, 15) is 20.1 Å². The van der Waals surface area contributed by atoms with E-state index in [0.717, 1.165) is 5.57 Å². The molecule has 166 valence electrons. The molecule has 0 radical (unpaired) electrons. The van der Waals surface area contributed by atoms with Crippen LogP contribution in [0.25, 0.3) is 28.2 Å². The summed E-state index contributed by atoms with van der Waals surface area (Å²) in [4.78, 5) is 13.5. The van der Waals surface area contributed by atoms with Crippen molar-refractivity contribution in [2.45, 2.75) is 46.6 Å². The third kappa shape index (κ3) is 3.51. The van der Waals surface area contributed by atoms with Gasteiger partial charge in [-0.2, -0.15) is 0 Å². The highest BCUT2D eigenvalue weighted by atomic mass is 16.5. The van der Waals surface area contributed by atoms with Gasteiger partial charge in [0.05, 0.1) is 11.1 Å². The average Bonchev–Trinajstić information content (AvgIpc) is 2.70. The molecule has 0 amide bonds. The summed E-state index contributed by atoms with van der Waals surface area (Å²) in [5.74, 6) is 0.00831. The minimum Gasteiger partial charge on any atom is -0.508 e. The van der Waals surface area contributed by atoms with Crippen LogP contribution in [0.1, 0.15) is 44.4 Å².